The van der Waals surface area contributed by atoms with Crippen LogP contribution in [-0.2, 0) is 50.4 Å². The minimum Gasteiger partial charge on any atom is -0.504 e. The van der Waals surface area contributed by atoms with Gasteiger partial charge in [-0.05, 0) is 36.5 Å². The van der Waals surface area contributed by atoms with E-state index >= 15 is 0 Å². The lowest BCUT2D eigenvalue weighted by Gasteiger charge is -2.34. The molecule has 64 heavy (non-hydrogen) atoms. The summed E-state index contributed by atoms with van der Waals surface area (Å²) in [5.41, 5.74) is 11.5. The summed E-state index contributed by atoms with van der Waals surface area (Å²) in [5, 5.41) is 80.4. The molecule has 0 spiro atoms. The molecule has 16 N–H and O–H groups in total. The van der Waals surface area contributed by atoms with Gasteiger partial charge in [-0.1, -0.05) is 26.8 Å². The second-order valence-corrected chi connectivity index (χ2v) is 17.0. The van der Waals surface area contributed by atoms with Gasteiger partial charge in [-0.15, -0.1) is 0 Å². The van der Waals surface area contributed by atoms with Crippen molar-refractivity contribution in [3.8, 4) is 11.5 Å². The molecule has 27 heteroatoms. The molecule has 3 aliphatic rings. The average molecular weight is 935 g/mol. The van der Waals surface area contributed by atoms with Gasteiger partial charge in [0.05, 0.1) is 37.4 Å². The molecule has 13 atom stereocenters. The fourth-order valence-corrected chi connectivity index (χ4v) is 8.03. The van der Waals surface area contributed by atoms with E-state index in [4.69, 9.17) is 16.6 Å². The van der Waals surface area contributed by atoms with Crippen molar-refractivity contribution in [3.05, 3.63) is 23.8 Å². The van der Waals surface area contributed by atoms with E-state index in [1.165, 1.54) is 26.8 Å². The van der Waals surface area contributed by atoms with Gasteiger partial charge in [0.2, 0.25) is 41.4 Å². The zero-order valence-corrected chi connectivity index (χ0v) is 36.1. The van der Waals surface area contributed by atoms with Gasteiger partial charge in [0.1, 0.15) is 36.4 Å². The van der Waals surface area contributed by atoms with Crippen molar-refractivity contribution in [1.29, 1.82) is 0 Å². The molecule has 1 aromatic carbocycles. The number of aromatic hydroxyl groups is 1. The number of nitrogens with one attached hydrogen (secondary N) is 4. The predicted molar refractivity (Wildman–Crippen MR) is 217 cm³/mol. The minimum absolute atomic E-state index is 0.137. The molecule has 0 bridgehead atoms. The van der Waals surface area contributed by atoms with E-state index in [0.29, 0.717) is 0 Å². The largest absolute Gasteiger partial charge is 0.504 e. The number of phenolic OH excluding ortho intramolecular Hbond substituents is 1. The third kappa shape index (κ3) is 13.4. The first-order valence-electron chi connectivity index (χ1n) is 20.0. The van der Waals surface area contributed by atoms with Gasteiger partial charge in [0, 0.05) is 38.5 Å². The standard InChI is InChI=1S/C36H54N8O17S.CH4O/c1-14(6-17-4-5-22(47)24(8-17)61-62(58,59)60)26-33(54)41-27(23(48)10-25(38)49)36(57)44-11-16(3)29(50)28(44)34(55)42-30(51)15(2)7-19(37)31(52)39-20(13-45)35(56)43-12-18(46)9-21(43)32(53)40-26;1-2/h4-5,8,14-16,18-21,23,26-30,45-48,50-51H,6-7,9-13,37H2,1-3H3,(H2,38,49)(H,39,52)(H,40,53)(H,41,54)(H,42,55)(H,58,59,60);2H,1H3. The molecule has 26 nitrogen and oxygen atoms in total. The Bertz CT molecular complexity index is 2000. The van der Waals surface area contributed by atoms with Crippen LogP contribution in [0.2, 0.25) is 0 Å². The Morgan fingerprint density at radius 2 is 1.50 bits per heavy atom. The first-order valence-corrected chi connectivity index (χ1v) is 21.3. The Morgan fingerprint density at radius 1 is 0.875 bits per heavy atom. The number of fused-ring (bicyclic) bond motifs is 2. The van der Waals surface area contributed by atoms with Crippen molar-refractivity contribution in [2.45, 2.75) is 107 Å². The molecular formula is C37H58N8O18S. The van der Waals surface area contributed by atoms with Crippen molar-refractivity contribution >= 4 is 51.7 Å². The lowest BCUT2D eigenvalue weighted by Crippen LogP contribution is -2.63. The van der Waals surface area contributed by atoms with Crippen molar-refractivity contribution < 1.29 is 86.5 Å². The van der Waals surface area contributed by atoms with Crippen LogP contribution in [0.5, 0.6) is 11.5 Å². The molecule has 3 fully saturated rings. The average Bonchev–Trinajstić information content (AvgIpc) is 3.75. The van der Waals surface area contributed by atoms with E-state index in [2.05, 4.69) is 25.5 Å². The molecule has 4 rings (SSSR count). The van der Waals surface area contributed by atoms with Gasteiger partial charge < -0.3 is 82.5 Å². The van der Waals surface area contributed by atoms with Crippen LogP contribution in [0.15, 0.2) is 18.2 Å². The van der Waals surface area contributed by atoms with Crippen LogP contribution < -0.4 is 36.9 Å². The van der Waals surface area contributed by atoms with Crippen LogP contribution in [-0.4, -0.2) is 187 Å². The maximum Gasteiger partial charge on any atom is 0.446 e. The minimum atomic E-state index is -5.13. The van der Waals surface area contributed by atoms with E-state index in [1.807, 2.05) is 0 Å². The molecule has 0 saturated carbocycles. The molecule has 13 unspecified atom stereocenters. The summed E-state index contributed by atoms with van der Waals surface area (Å²) in [7, 11) is -4.13. The molecule has 3 saturated heterocycles. The number of amides is 7. The van der Waals surface area contributed by atoms with Crippen molar-refractivity contribution in [1.82, 2.24) is 31.1 Å². The molecule has 0 aliphatic carbocycles. The van der Waals surface area contributed by atoms with Crippen LogP contribution >= 0.6 is 0 Å². The highest BCUT2D eigenvalue weighted by Gasteiger charge is 2.50. The van der Waals surface area contributed by atoms with Crippen LogP contribution in [0.25, 0.3) is 0 Å². The van der Waals surface area contributed by atoms with E-state index in [9.17, 15) is 77.2 Å². The monoisotopic (exact) mass is 934 g/mol. The highest BCUT2D eigenvalue weighted by molar-refractivity contribution is 7.81. The number of aliphatic hydroxyl groups excluding tert-OH is 6. The van der Waals surface area contributed by atoms with Gasteiger partial charge in [-0.3, -0.25) is 38.1 Å². The van der Waals surface area contributed by atoms with Crippen LogP contribution in [0.3, 0.4) is 0 Å². The van der Waals surface area contributed by atoms with Gasteiger partial charge in [-0.2, -0.15) is 8.42 Å². The first kappa shape index (κ1) is 53.1. The summed E-state index contributed by atoms with van der Waals surface area (Å²) in [5.74, 6) is -12.1. The Balaban J connectivity index is 0.00000537. The molecule has 1 aromatic rings. The highest BCUT2D eigenvalue weighted by Crippen LogP contribution is 2.30. The molecule has 3 heterocycles. The molecule has 0 radical (unpaired) electrons. The Morgan fingerprint density at radius 3 is 2.09 bits per heavy atom. The number of phenols is 1. The van der Waals surface area contributed by atoms with Crippen LogP contribution in [0, 0.1) is 17.8 Å². The summed E-state index contributed by atoms with van der Waals surface area (Å²) >= 11 is 0. The maximum absolute atomic E-state index is 14.4. The summed E-state index contributed by atoms with van der Waals surface area (Å²) in [6.45, 7) is 2.42. The van der Waals surface area contributed by atoms with E-state index in [1.54, 1.807) is 0 Å². The van der Waals surface area contributed by atoms with Gasteiger partial charge in [-0.25, -0.2) is 0 Å². The Kier molecular flexibility index (Phi) is 18.7. The number of aliphatic hydroxyl groups is 6. The zero-order chi connectivity index (χ0) is 48.5. The molecule has 0 aromatic heterocycles. The number of carbonyl (C=O) groups excluding carboxylic acids is 7. The number of hydrogen-bond donors (Lipinski definition) is 14. The Labute approximate surface area is 367 Å². The summed E-state index contributed by atoms with van der Waals surface area (Å²) in [4.78, 5) is 97.2. The van der Waals surface area contributed by atoms with Crippen LogP contribution in [0.4, 0.5) is 0 Å². The fourth-order valence-electron chi connectivity index (χ4n) is 7.67. The van der Waals surface area contributed by atoms with E-state index in [0.717, 1.165) is 29.0 Å². The number of benzene rings is 1. The third-order valence-electron chi connectivity index (χ3n) is 11.0. The maximum atomic E-state index is 14.4. The molecule has 3 aliphatic heterocycles. The second kappa shape index (κ2) is 22.6. The number of carbonyl (C=O) groups is 7. The SMILES string of the molecule is CC1CC(N)C(=O)NC(CO)C(=O)N2CC(O)CC2C(=O)NC(C(C)Cc2ccc(O)c(OS(=O)(=O)O)c2)C(=O)NC(C(O)CC(N)=O)C(=O)N2CC(C)C(O)C2C(=O)NC1O.CO. The topological polar surface area (TPSA) is 431 Å². The predicted octanol–water partition coefficient (Wildman–Crippen LogP) is -6.98. The lowest BCUT2D eigenvalue weighted by molar-refractivity contribution is -0.148. The van der Waals surface area contributed by atoms with Crippen LogP contribution in [0.1, 0.15) is 45.6 Å². The summed E-state index contributed by atoms with van der Waals surface area (Å²) in [6.07, 6.45) is -8.69. The fraction of sp³-hybridized carbons (Fsp3) is 0.649. The van der Waals surface area contributed by atoms with E-state index < -0.39 is 168 Å². The van der Waals surface area contributed by atoms with Gasteiger partial charge in [0.25, 0.3) is 0 Å². The molecular weight excluding hydrogens is 877 g/mol. The number of rotatable bonds is 9. The van der Waals surface area contributed by atoms with Gasteiger partial charge in [0.15, 0.2) is 11.5 Å². The molecule has 360 valence electrons. The smallest absolute Gasteiger partial charge is 0.446 e. The lowest BCUT2D eigenvalue weighted by atomic mass is 9.92. The zero-order valence-electron chi connectivity index (χ0n) is 35.3. The number of nitrogens with zero attached hydrogens (tertiary/aromatic N) is 2. The summed E-state index contributed by atoms with van der Waals surface area (Å²) < 4.78 is 36.4. The highest BCUT2D eigenvalue weighted by atomic mass is 32.3. The normalized spacial score (nSPS) is 31.1. The van der Waals surface area contributed by atoms with Crippen molar-refractivity contribution in [2.24, 2.45) is 29.2 Å². The number of primary amides is 1. The third-order valence-corrected chi connectivity index (χ3v) is 11.4. The van der Waals surface area contributed by atoms with Gasteiger partial charge >= 0.3 is 10.4 Å². The molecule has 7 amide bonds. The quantitative estimate of drug-likeness (QED) is 0.102. The first-order chi connectivity index (χ1) is 29.8. The Hall–Kier alpha value is -5.26. The number of nitrogens with two attached hydrogens (primary N) is 2. The van der Waals surface area contributed by atoms with Crippen molar-refractivity contribution in [2.75, 3.05) is 26.8 Å². The van der Waals surface area contributed by atoms with Crippen molar-refractivity contribution in [3.63, 3.8) is 0 Å². The number of hydrogen-bond acceptors (Lipinski definition) is 18. The van der Waals surface area contributed by atoms with E-state index in [-0.39, 0.29) is 24.9 Å². The second-order valence-electron chi connectivity index (χ2n) is 16.0. The summed E-state index contributed by atoms with van der Waals surface area (Å²) in [6, 6.07) is -7.13.